The summed E-state index contributed by atoms with van der Waals surface area (Å²) >= 11 is 0. The molecule has 4 atom stereocenters. The number of hydrogen-bond acceptors (Lipinski definition) is 9. The molecule has 10 heteroatoms. The largest absolute Gasteiger partial charge is 0.394 e. The first-order valence-corrected chi connectivity index (χ1v) is 5.98. The first-order chi connectivity index (χ1) is 9.52. The zero-order valence-corrected chi connectivity index (χ0v) is 10.4. The Morgan fingerprint density at radius 1 is 1.35 bits per heavy atom. The van der Waals surface area contributed by atoms with Crippen LogP contribution in [0.15, 0.2) is 6.33 Å². The Kier molecular flexibility index (Phi) is 2.94. The fourth-order valence-corrected chi connectivity index (χ4v) is 2.30. The van der Waals surface area contributed by atoms with Crippen LogP contribution in [0.4, 0.5) is 11.8 Å². The summed E-state index contributed by atoms with van der Waals surface area (Å²) in [5.41, 5.74) is 17.7. The summed E-state index contributed by atoms with van der Waals surface area (Å²) < 4.78 is 7.00. The van der Waals surface area contributed by atoms with E-state index in [1.807, 2.05) is 0 Å². The number of nitrogen functional groups attached to an aromatic ring is 2. The lowest BCUT2D eigenvalue weighted by Crippen LogP contribution is -2.41. The first kappa shape index (κ1) is 13.0. The Morgan fingerprint density at radius 3 is 2.75 bits per heavy atom. The fraction of sp³-hybridized carbons (Fsp3) is 0.500. The summed E-state index contributed by atoms with van der Waals surface area (Å²) in [6, 6.07) is -0.709. The highest BCUT2D eigenvalue weighted by Crippen LogP contribution is 2.31. The lowest BCUT2D eigenvalue weighted by Gasteiger charge is -2.16. The number of ether oxygens (including phenoxy) is 1. The highest BCUT2D eigenvalue weighted by molar-refractivity contribution is 5.82. The highest BCUT2D eigenvalue weighted by atomic mass is 16.5. The second-order valence-corrected chi connectivity index (χ2v) is 4.61. The Bertz CT molecular complexity index is 645. The number of nitrogens with zero attached hydrogens (tertiary/aromatic N) is 4. The molecule has 0 aliphatic carbocycles. The van der Waals surface area contributed by atoms with E-state index >= 15 is 0 Å². The standard InChI is InChI=1S/C10H15N7O3/c11-4-3(1-18)20-9(6(4)19)17-2-14-5-7(12)15-10(13)16-8(5)17/h2-4,6,9,18-19H,1,11H2,(H4,12,13,15,16)/t3-,4+,6?,9-/m1/s1. The third-order valence-corrected chi connectivity index (χ3v) is 3.35. The SMILES string of the molecule is Nc1nc(N)c2ncn([C@@H]3O[C@H](CO)[C@H](N)C3O)c2n1. The van der Waals surface area contributed by atoms with Crippen molar-refractivity contribution in [3.63, 3.8) is 0 Å². The van der Waals surface area contributed by atoms with Gasteiger partial charge < -0.3 is 32.2 Å². The smallest absolute Gasteiger partial charge is 0.224 e. The zero-order chi connectivity index (χ0) is 14.4. The van der Waals surface area contributed by atoms with E-state index in [0.717, 1.165) is 0 Å². The highest BCUT2D eigenvalue weighted by Gasteiger charge is 2.42. The molecule has 10 nitrogen and oxygen atoms in total. The van der Waals surface area contributed by atoms with E-state index in [2.05, 4.69) is 15.0 Å². The van der Waals surface area contributed by atoms with Crippen molar-refractivity contribution in [2.75, 3.05) is 18.1 Å². The minimum atomic E-state index is -1.01. The molecule has 1 saturated heterocycles. The van der Waals surface area contributed by atoms with Gasteiger partial charge in [-0.2, -0.15) is 9.97 Å². The normalized spacial score (nSPS) is 30.1. The second-order valence-electron chi connectivity index (χ2n) is 4.61. The van der Waals surface area contributed by atoms with Crippen LogP contribution in [0.1, 0.15) is 6.23 Å². The van der Waals surface area contributed by atoms with E-state index in [1.165, 1.54) is 10.9 Å². The molecule has 0 amide bonds. The van der Waals surface area contributed by atoms with Crippen LogP contribution in [0.3, 0.4) is 0 Å². The molecule has 2 aromatic rings. The van der Waals surface area contributed by atoms with Crippen molar-refractivity contribution in [2.45, 2.75) is 24.5 Å². The van der Waals surface area contributed by atoms with Crippen LogP contribution >= 0.6 is 0 Å². The summed E-state index contributed by atoms with van der Waals surface area (Å²) in [6.07, 6.45) is -1.08. The van der Waals surface area contributed by atoms with Crippen molar-refractivity contribution >= 4 is 22.9 Å². The molecule has 0 saturated carbocycles. The predicted molar refractivity (Wildman–Crippen MR) is 69.1 cm³/mol. The van der Waals surface area contributed by atoms with E-state index in [0.29, 0.717) is 11.2 Å². The molecule has 1 fully saturated rings. The third-order valence-electron chi connectivity index (χ3n) is 3.35. The average Bonchev–Trinajstić information content (AvgIpc) is 2.93. The zero-order valence-electron chi connectivity index (χ0n) is 10.4. The van der Waals surface area contributed by atoms with Gasteiger partial charge in [0.05, 0.1) is 19.0 Å². The van der Waals surface area contributed by atoms with Gasteiger partial charge >= 0.3 is 0 Å². The Hall–Kier alpha value is -2.01. The molecular formula is C10H15N7O3. The van der Waals surface area contributed by atoms with Gasteiger partial charge in [0.1, 0.15) is 17.7 Å². The molecule has 3 rings (SSSR count). The molecule has 8 N–H and O–H groups in total. The van der Waals surface area contributed by atoms with E-state index in [4.69, 9.17) is 27.0 Å². The van der Waals surface area contributed by atoms with Crippen molar-refractivity contribution in [3.05, 3.63) is 6.33 Å². The Labute approximate surface area is 113 Å². The molecule has 1 aliphatic rings. The number of anilines is 2. The van der Waals surface area contributed by atoms with Gasteiger partial charge in [0.15, 0.2) is 17.7 Å². The number of imidazole rings is 1. The van der Waals surface area contributed by atoms with Gasteiger partial charge in [-0.1, -0.05) is 0 Å². The molecule has 2 aromatic heterocycles. The second kappa shape index (κ2) is 4.52. The molecule has 1 aliphatic heterocycles. The fourth-order valence-electron chi connectivity index (χ4n) is 2.30. The molecule has 108 valence electrons. The van der Waals surface area contributed by atoms with Crippen LogP contribution in [0.5, 0.6) is 0 Å². The Balaban J connectivity index is 2.07. The van der Waals surface area contributed by atoms with Gasteiger partial charge in [-0.25, -0.2) is 4.98 Å². The van der Waals surface area contributed by atoms with Crippen molar-refractivity contribution in [1.29, 1.82) is 0 Å². The van der Waals surface area contributed by atoms with Crippen LogP contribution in [-0.4, -0.2) is 54.6 Å². The molecule has 0 radical (unpaired) electrons. The third kappa shape index (κ3) is 1.78. The molecule has 0 aromatic carbocycles. The van der Waals surface area contributed by atoms with Crippen molar-refractivity contribution in [1.82, 2.24) is 19.5 Å². The molecule has 0 spiro atoms. The van der Waals surface area contributed by atoms with E-state index in [1.54, 1.807) is 0 Å². The maximum atomic E-state index is 10.1. The Morgan fingerprint density at radius 2 is 2.10 bits per heavy atom. The van der Waals surface area contributed by atoms with Crippen LogP contribution in [0, 0.1) is 0 Å². The average molecular weight is 281 g/mol. The summed E-state index contributed by atoms with van der Waals surface area (Å²) in [4.78, 5) is 11.9. The van der Waals surface area contributed by atoms with Crippen molar-refractivity contribution in [3.8, 4) is 0 Å². The van der Waals surface area contributed by atoms with Crippen molar-refractivity contribution in [2.24, 2.45) is 5.73 Å². The van der Waals surface area contributed by atoms with E-state index in [9.17, 15) is 5.11 Å². The maximum Gasteiger partial charge on any atom is 0.224 e. The number of aliphatic hydroxyl groups is 2. The number of hydrogen-bond donors (Lipinski definition) is 5. The quantitative estimate of drug-likeness (QED) is 0.401. The van der Waals surface area contributed by atoms with Crippen LogP contribution in [0.25, 0.3) is 11.2 Å². The monoisotopic (exact) mass is 281 g/mol. The van der Waals surface area contributed by atoms with Gasteiger partial charge in [0.25, 0.3) is 0 Å². The molecule has 1 unspecified atom stereocenters. The number of nitrogens with two attached hydrogens (primary N) is 3. The predicted octanol–water partition coefficient (Wildman–Crippen LogP) is -2.43. The van der Waals surface area contributed by atoms with Gasteiger partial charge in [0.2, 0.25) is 5.95 Å². The number of rotatable bonds is 2. The van der Waals surface area contributed by atoms with Crippen LogP contribution < -0.4 is 17.2 Å². The summed E-state index contributed by atoms with van der Waals surface area (Å²) in [5, 5.41) is 19.3. The lowest BCUT2D eigenvalue weighted by molar-refractivity contribution is -0.0488. The lowest BCUT2D eigenvalue weighted by atomic mass is 10.1. The van der Waals surface area contributed by atoms with Gasteiger partial charge in [-0.3, -0.25) is 4.57 Å². The van der Waals surface area contributed by atoms with E-state index < -0.39 is 24.5 Å². The van der Waals surface area contributed by atoms with Gasteiger partial charge in [-0.15, -0.1) is 0 Å². The summed E-state index contributed by atoms with van der Waals surface area (Å²) in [7, 11) is 0. The van der Waals surface area contributed by atoms with Crippen LogP contribution in [-0.2, 0) is 4.74 Å². The minimum absolute atomic E-state index is 0.00718. The number of fused-ring (bicyclic) bond motifs is 1. The van der Waals surface area contributed by atoms with E-state index in [-0.39, 0.29) is 18.4 Å². The number of aromatic nitrogens is 4. The maximum absolute atomic E-state index is 10.1. The van der Waals surface area contributed by atoms with Crippen LogP contribution in [0.2, 0.25) is 0 Å². The number of aliphatic hydroxyl groups excluding tert-OH is 2. The molecule has 0 bridgehead atoms. The van der Waals surface area contributed by atoms with Crippen molar-refractivity contribution < 1.29 is 14.9 Å². The van der Waals surface area contributed by atoms with Gasteiger partial charge in [0, 0.05) is 0 Å². The van der Waals surface area contributed by atoms with Gasteiger partial charge in [-0.05, 0) is 0 Å². The minimum Gasteiger partial charge on any atom is -0.394 e. The molecule has 20 heavy (non-hydrogen) atoms. The summed E-state index contributed by atoms with van der Waals surface area (Å²) in [6.45, 7) is -0.291. The summed E-state index contributed by atoms with van der Waals surface area (Å²) in [5.74, 6) is 0.133. The first-order valence-electron chi connectivity index (χ1n) is 5.98. The topological polar surface area (TPSA) is 171 Å². The molecule has 3 heterocycles. The molecular weight excluding hydrogens is 266 g/mol.